The van der Waals surface area contributed by atoms with Crippen LogP contribution >= 0.6 is 0 Å². The lowest BCUT2D eigenvalue weighted by Crippen LogP contribution is -2.44. The molecule has 0 aromatic carbocycles. The highest BCUT2D eigenvalue weighted by atomic mass is 16.1. The second-order valence-corrected chi connectivity index (χ2v) is 6.53. The molecule has 1 unspecified atom stereocenters. The Labute approximate surface area is 111 Å². The predicted molar refractivity (Wildman–Crippen MR) is 75.3 cm³/mol. The van der Waals surface area contributed by atoms with Crippen LogP contribution in [-0.2, 0) is 4.79 Å². The molecule has 1 heterocycles. The fourth-order valence-electron chi connectivity index (χ4n) is 2.31. The summed E-state index contributed by atoms with van der Waals surface area (Å²) in [6, 6.07) is 0. The second-order valence-electron chi connectivity index (χ2n) is 6.53. The van der Waals surface area contributed by atoms with Crippen LogP contribution < -0.4 is 11.1 Å². The normalized spacial score (nSPS) is 21.9. The van der Waals surface area contributed by atoms with Crippen LogP contribution in [0.5, 0.6) is 0 Å². The molecule has 4 heteroatoms. The first-order valence-corrected chi connectivity index (χ1v) is 7.12. The summed E-state index contributed by atoms with van der Waals surface area (Å²) in [5.41, 5.74) is 5.77. The van der Waals surface area contributed by atoms with Gasteiger partial charge in [0.25, 0.3) is 0 Å². The van der Waals surface area contributed by atoms with Crippen LogP contribution in [0.25, 0.3) is 0 Å². The molecule has 1 aliphatic heterocycles. The Morgan fingerprint density at radius 2 is 2.17 bits per heavy atom. The number of nitrogens with two attached hydrogens (primary N) is 1. The van der Waals surface area contributed by atoms with E-state index >= 15 is 0 Å². The van der Waals surface area contributed by atoms with E-state index in [0.717, 1.165) is 32.5 Å². The molecule has 1 atom stereocenters. The molecule has 1 saturated heterocycles. The Bertz CT molecular complexity index is 260. The number of rotatable bonds is 5. The number of amides is 1. The number of hydrogen-bond acceptors (Lipinski definition) is 3. The molecule has 1 rings (SSSR count). The Morgan fingerprint density at radius 3 is 2.78 bits per heavy atom. The number of carbonyl (C=O) groups is 1. The van der Waals surface area contributed by atoms with Gasteiger partial charge in [-0.3, -0.25) is 4.79 Å². The van der Waals surface area contributed by atoms with Crippen molar-refractivity contribution >= 4 is 5.91 Å². The monoisotopic (exact) mass is 255 g/mol. The van der Waals surface area contributed by atoms with Crippen molar-refractivity contribution in [3.63, 3.8) is 0 Å². The maximum absolute atomic E-state index is 11.9. The van der Waals surface area contributed by atoms with E-state index in [1.54, 1.807) is 0 Å². The highest BCUT2D eigenvalue weighted by Gasteiger charge is 2.25. The van der Waals surface area contributed by atoms with Gasteiger partial charge in [0.15, 0.2) is 0 Å². The smallest absolute Gasteiger partial charge is 0.224 e. The van der Waals surface area contributed by atoms with Gasteiger partial charge in [-0.25, -0.2) is 0 Å². The number of carbonyl (C=O) groups excluding carboxylic acids is 1. The van der Waals surface area contributed by atoms with Crippen LogP contribution in [0, 0.1) is 11.3 Å². The molecule has 1 amide bonds. The topological polar surface area (TPSA) is 58.4 Å². The zero-order chi connectivity index (χ0) is 13.6. The highest BCUT2D eigenvalue weighted by Crippen LogP contribution is 2.22. The van der Waals surface area contributed by atoms with Gasteiger partial charge < -0.3 is 16.0 Å². The molecule has 0 radical (unpaired) electrons. The third kappa shape index (κ3) is 5.83. The van der Waals surface area contributed by atoms with E-state index in [9.17, 15) is 4.79 Å². The van der Waals surface area contributed by atoms with E-state index in [1.165, 1.54) is 6.42 Å². The van der Waals surface area contributed by atoms with E-state index in [-0.39, 0.29) is 11.8 Å². The van der Waals surface area contributed by atoms with Crippen molar-refractivity contribution in [3.05, 3.63) is 0 Å². The van der Waals surface area contributed by atoms with Crippen molar-refractivity contribution in [1.82, 2.24) is 10.2 Å². The molecule has 1 aliphatic rings. The molecular formula is C14H29N3O. The fraction of sp³-hybridized carbons (Fsp3) is 0.929. The summed E-state index contributed by atoms with van der Waals surface area (Å²) in [5, 5.41) is 2.90. The van der Waals surface area contributed by atoms with E-state index in [1.807, 2.05) is 0 Å². The van der Waals surface area contributed by atoms with Crippen LogP contribution in [0.3, 0.4) is 0 Å². The molecule has 106 valence electrons. The van der Waals surface area contributed by atoms with Gasteiger partial charge in [0.1, 0.15) is 0 Å². The average Bonchev–Trinajstić information content (AvgIpc) is 2.33. The van der Waals surface area contributed by atoms with Gasteiger partial charge in [-0.1, -0.05) is 20.8 Å². The molecule has 18 heavy (non-hydrogen) atoms. The Balaban J connectivity index is 2.34. The SMILES string of the molecule is CC(C)(C)CCN1CCCC(C(=O)NCCN)C1. The van der Waals surface area contributed by atoms with Gasteiger partial charge in [-0.2, -0.15) is 0 Å². The molecule has 0 bridgehead atoms. The third-order valence-electron chi connectivity index (χ3n) is 3.50. The summed E-state index contributed by atoms with van der Waals surface area (Å²) >= 11 is 0. The molecule has 0 aliphatic carbocycles. The lowest BCUT2D eigenvalue weighted by molar-refractivity contribution is -0.126. The maximum atomic E-state index is 11.9. The lowest BCUT2D eigenvalue weighted by atomic mass is 9.91. The van der Waals surface area contributed by atoms with Gasteiger partial charge >= 0.3 is 0 Å². The summed E-state index contributed by atoms with van der Waals surface area (Å²) < 4.78 is 0. The number of hydrogen-bond donors (Lipinski definition) is 2. The summed E-state index contributed by atoms with van der Waals surface area (Å²) in [6.07, 6.45) is 3.33. The third-order valence-corrected chi connectivity index (χ3v) is 3.50. The van der Waals surface area contributed by atoms with Gasteiger partial charge in [-0.05, 0) is 37.8 Å². The zero-order valence-electron chi connectivity index (χ0n) is 12.2. The van der Waals surface area contributed by atoms with E-state index in [2.05, 4.69) is 31.0 Å². The summed E-state index contributed by atoms with van der Waals surface area (Å²) in [5.74, 6) is 0.339. The molecule has 0 saturated carbocycles. The standard InChI is InChI=1S/C14H29N3O/c1-14(2,3)6-10-17-9-4-5-12(11-17)13(18)16-8-7-15/h12H,4-11,15H2,1-3H3,(H,16,18). The molecule has 0 aromatic heterocycles. The minimum atomic E-state index is 0.158. The first kappa shape index (κ1) is 15.4. The van der Waals surface area contributed by atoms with Gasteiger partial charge in [0.05, 0.1) is 5.92 Å². The van der Waals surface area contributed by atoms with Crippen molar-refractivity contribution in [2.24, 2.45) is 17.1 Å². The first-order valence-electron chi connectivity index (χ1n) is 7.12. The van der Waals surface area contributed by atoms with Crippen molar-refractivity contribution < 1.29 is 4.79 Å². The van der Waals surface area contributed by atoms with Gasteiger partial charge in [0.2, 0.25) is 5.91 Å². The number of nitrogens with one attached hydrogen (secondary N) is 1. The fourth-order valence-corrected chi connectivity index (χ4v) is 2.31. The Kier molecular flexibility index (Phi) is 6.09. The highest BCUT2D eigenvalue weighted by molar-refractivity contribution is 5.78. The average molecular weight is 255 g/mol. The minimum Gasteiger partial charge on any atom is -0.355 e. The van der Waals surface area contributed by atoms with Crippen molar-refractivity contribution in [2.45, 2.75) is 40.0 Å². The Hall–Kier alpha value is -0.610. The van der Waals surface area contributed by atoms with E-state index < -0.39 is 0 Å². The molecule has 0 spiro atoms. The largest absolute Gasteiger partial charge is 0.355 e. The van der Waals surface area contributed by atoms with Crippen molar-refractivity contribution in [2.75, 3.05) is 32.7 Å². The van der Waals surface area contributed by atoms with E-state index in [4.69, 9.17) is 5.73 Å². The minimum absolute atomic E-state index is 0.158. The molecular weight excluding hydrogens is 226 g/mol. The van der Waals surface area contributed by atoms with Crippen molar-refractivity contribution in [1.29, 1.82) is 0 Å². The number of likely N-dealkylation sites (tertiary alicyclic amines) is 1. The van der Waals surface area contributed by atoms with Gasteiger partial charge in [-0.15, -0.1) is 0 Å². The number of piperidine rings is 1. The molecule has 1 fully saturated rings. The van der Waals surface area contributed by atoms with E-state index in [0.29, 0.717) is 18.5 Å². The van der Waals surface area contributed by atoms with Crippen LogP contribution in [0.1, 0.15) is 40.0 Å². The van der Waals surface area contributed by atoms with Gasteiger partial charge in [0, 0.05) is 19.6 Å². The number of nitrogens with zero attached hydrogens (tertiary/aromatic N) is 1. The maximum Gasteiger partial charge on any atom is 0.224 e. The summed E-state index contributed by atoms with van der Waals surface area (Å²) in [6.45, 7) is 11.1. The second kappa shape index (κ2) is 7.10. The lowest BCUT2D eigenvalue weighted by Gasteiger charge is -2.33. The molecule has 4 nitrogen and oxygen atoms in total. The van der Waals surface area contributed by atoms with Crippen LogP contribution in [0.15, 0.2) is 0 Å². The van der Waals surface area contributed by atoms with Crippen LogP contribution in [0.2, 0.25) is 0 Å². The zero-order valence-corrected chi connectivity index (χ0v) is 12.2. The molecule has 0 aromatic rings. The van der Waals surface area contributed by atoms with Crippen LogP contribution in [-0.4, -0.2) is 43.5 Å². The Morgan fingerprint density at radius 1 is 1.44 bits per heavy atom. The quantitative estimate of drug-likeness (QED) is 0.776. The summed E-state index contributed by atoms with van der Waals surface area (Å²) in [4.78, 5) is 14.3. The predicted octanol–water partition coefficient (Wildman–Crippen LogP) is 1.21. The molecule has 3 N–H and O–H groups in total. The first-order chi connectivity index (χ1) is 8.42. The van der Waals surface area contributed by atoms with Crippen molar-refractivity contribution in [3.8, 4) is 0 Å². The summed E-state index contributed by atoms with van der Waals surface area (Å²) in [7, 11) is 0. The van der Waals surface area contributed by atoms with Crippen LogP contribution in [0.4, 0.5) is 0 Å².